The number of rotatable bonds is 2. The van der Waals surface area contributed by atoms with Gasteiger partial charge in [0.1, 0.15) is 0 Å². The summed E-state index contributed by atoms with van der Waals surface area (Å²) in [4.78, 5) is 0. The summed E-state index contributed by atoms with van der Waals surface area (Å²) in [6, 6.07) is 0.638. The second kappa shape index (κ2) is 4.84. The first-order valence-electron chi connectivity index (χ1n) is 6.71. The highest BCUT2D eigenvalue weighted by Gasteiger charge is 2.39. The van der Waals surface area contributed by atoms with E-state index in [0.29, 0.717) is 12.1 Å². The monoisotopic (exact) mass is 211 g/mol. The van der Waals surface area contributed by atoms with Crippen molar-refractivity contribution in [2.24, 2.45) is 0 Å². The molecule has 88 valence electrons. The van der Waals surface area contributed by atoms with Crippen molar-refractivity contribution < 1.29 is 4.74 Å². The first-order valence-corrected chi connectivity index (χ1v) is 6.71. The molecule has 1 aliphatic carbocycles. The lowest BCUT2D eigenvalue weighted by Crippen LogP contribution is -2.58. The molecule has 0 spiro atoms. The maximum Gasteiger partial charge on any atom is 0.0805 e. The highest BCUT2D eigenvalue weighted by molar-refractivity contribution is 4.93. The molecular weight excluding hydrogens is 186 g/mol. The summed E-state index contributed by atoms with van der Waals surface area (Å²) in [6.45, 7) is 5.56. The number of hydrogen-bond donors (Lipinski definition) is 1. The molecule has 1 aliphatic heterocycles. The van der Waals surface area contributed by atoms with Crippen molar-refractivity contribution in [3.8, 4) is 0 Å². The number of ether oxygens (including phenoxy) is 1. The number of hydrogen-bond acceptors (Lipinski definition) is 2. The predicted molar refractivity (Wildman–Crippen MR) is 63.1 cm³/mol. The molecule has 2 unspecified atom stereocenters. The van der Waals surface area contributed by atoms with Crippen LogP contribution in [0.15, 0.2) is 0 Å². The van der Waals surface area contributed by atoms with Gasteiger partial charge in [-0.1, -0.05) is 33.1 Å². The van der Waals surface area contributed by atoms with Crippen LogP contribution in [0.2, 0.25) is 0 Å². The van der Waals surface area contributed by atoms with Crippen LogP contribution in [-0.4, -0.2) is 24.3 Å². The van der Waals surface area contributed by atoms with Crippen LogP contribution >= 0.6 is 0 Å². The molecule has 0 radical (unpaired) electrons. The van der Waals surface area contributed by atoms with Gasteiger partial charge in [0.2, 0.25) is 0 Å². The van der Waals surface area contributed by atoms with Gasteiger partial charge < -0.3 is 10.1 Å². The third-order valence-corrected chi connectivity index (χ3v) is 4.33. The topological polar surface area (TPSA) is 21.3 Å². The molecule has 2 rings (SSSR count). The average Bonchev–Trinajstić information content (AvgIpc) is 2.52. The lowest BCUT2D eigenvalue weighted by atomic mass is 9.91. The summed E-state index contributed by atoms with van der Waals surface area (Å²) in [6.07, 6.45) is 9.46. The normalized spacial score (nSPS) is 35.6. The summed E-state index contributed by atoms with van der Waals surface area (Å²) in [5.74, 6) is 0. The van der Waals surface area contributed by atoms with E-state index in [1.165, 1.54) is 32.1 Å². The van der Waals surface area contributed by atoms with Crippen molar-refractivity contribution in [2.45, 2.75) is 76.5 Å². The van der Waals surface area contributed by atoms with E-state index in [1.54, 1.807) is 0 Å². The van der Waals surface area contributed by atoms with Gasteiger partial charge in [0.15, 0.2) is 0 Å². The van der Waals surface area contributed by atoms with Gasteiger partial charge in [-0.3, -0.25) is 0 Å². The maximum atomic E-state index is 6.39. The van der Waals surface area contributed by atoms with Crippen molar-refractivity contribution in [3.63, 3.8) is 0 Å². The van der Waals surface area contributed by atoms with Crippen molar-refractivity contribution >= 4 is 0 Å². The van der Waals surface area contributed by atoms with Gasteiger partial charge in [-0.25, -0.2) is 0 Å². The average molecular weight is 211 g/mol. The Bertz CT molecular complexity index is 201. The van der Waals surface area contributed by atoms with Crippen molar-refractivity contribution in [2.75, 3.05) is 6.54 Å². The van der Waals surface area contributed by atoms with Crippen LogP contribution in [0.1, 0.15) is 58.8 Å². The lowest BCUT2D eigenvalue weighted by Gasteiger charge is -2.45. The summed E-state index contributed by atoms with van der Waals surface area (Å²) in [5, 5.41) is 3.73. The molecule has 1 heterocycles. The SMILES string of the molecule is CCC1(CC)CNC2CCCCCC2O1. The molecule has 2 aliphatic rings. The quantitative estimate of drug-likeness (QED) is 0.758. The summed E-state index contributed by atoms with van der Waals surface area (Å²) < 4.78 is 6.39. The Balaban J connectivity index is 2.02. The smallest absolute Gasteiger partial charge is 0.0805 e. The van der Waals surface area contributed by atoms with Gasteiger partial charge >= 0.3 is 0 Å². The van der Waals surface area contributed by atoms with Gasteiger partial charge in [-0.15, -0.1) is 0 Å². The Hall–Kier alpha value is -0.0800. The fourth-order valence-electron chi connectivity index (χ4n) is 2.99. The molecule has 2 fully saturated rings. The van der Waals surface area contributed by atoms with E-state index in [-0.39, 0.29) is 5.60 Å². The molecule has 2 nitrogen and oxygen atoms in total. The molecule has 2 heteroatoms. The Kier molecular flexibility index (Phi) is 3.68. The third kappa shape index (κ3) is 2.36. The Morgan fingerprint density at radius 1 is 1.13 bits per heavy atom. The number of morpholine rings is 1. The zero-order chi connectivity index (χ0) is 10.7. The fourth-order valence-corrected chi connectivity index (χ4v) is 2.99. The van der Waals surface area contributed by atoms with Gasteiger partial charge in [-0.05, 0) is 25.7 Å². The molecule has 0 aromatic rings. The predicted octanol–water partition coefficient (Wildman–Crippen LogP) is 2.87. The van der Waals surface area contributed by atoms with E-state index >= 15 is 0 Å². The highest BCUT2D eigenvalue weighted by Crippen LogP contribution is 2.32. The summed E-state index contributed by atoms with van der Waals surface area (Å²) in [7, 11) is 0. The Labute approximate surface area is 93.8 Å². The number of fused-ring (bicyclic) bond motifs is 1. The van der Waals surface area contributed by atoms with Crippen LogP contribution in [0, 0.1) is 0 Å². The minimum Gasteiger partial charge on any atom is -0.369 e. The van der Waals surface area contributed by atoms with Gasteiger partial charge in [0.25, 0.3) is 0 Å². The van der Waals surface area contributed by atoms with Gasteiger partial charge in [0, 0.05) is 12.6 Å². The molecule has 0 aromatic carbocycles. The molecular formula is C13H25NO. The second-order valence-corrected chi connectivity index (χ2v) is 5.17. The zero-order valence-corrected chi connectivity index (χ0v) is 10.2. The van der Waals surface area contributed by atoms with Gasteiger partial charge in [-0.2, -0.15) is 0 Å². The third-order valence-electron chi connectivity index (χ3n) is 4.33. The molecule has 1 saturated heterocycles. The molecule has 2 atom stereocenters. The van der Waals surface area contributed by atoms with Crippen LogP contribution in [0.5, 0.6) is 0 Å². The first kappa shape index (κ1) is 11.4. The van der Waals surface area contributed by atoms with E-state index in [4.69, 9.17) is 4.74 Å². The largest absolute Gasteiger partial charge is 0.369 e. The molecule has 0 aromatic heterocycles. The Morgan fingerprint density at radius 2 is 1.87 bits per heavy atom. The minimum absolute atomic E-state index is 0.130. The molecule has 15 heavy (non-hydrogen) atoms. The van der Waals surface area contributed by atoms with E-state index in [2.05, 4.69) is 19.2 Å². The zero-order valence-electron chi connectivity index (χ0n) is 10.2. The minimum atomic E-state index is 0.130. The molecule has 0 amide bonds. The fraction of sp³-hybridized carbons (Fsp3) is 1.00. The van der Waals surface area contributed by atoms with Crippen LogP contribution < -0.4 is 5.32 Å². The Morgan fingerprint density at radius 3 is 2.60 bits per heavy atom. The van der Waals surface area contributed by atoms with E-state index in [0.717, 1.165) is 19.4 Å². The first-order chi connectivity index (χ1) is 7.29. The number of nitrogens with one attached hydrogen (secondary N) is 1. The lowest BCUT2D eigenvalue weighted by molar-refractivity contribution is -0.140. The summed E-state index contributed by atoms with van der Waals surface area (Å²) >= 11 is 0. The van der Waals surface area contributed by atoms with Crippen molar-refractivity contribution in [1.29, 1.82) is 0 Å². The van der Waals surface area contributed by atoms with E-state index in [9.17, 15) is 0 Å². The van der Waals surface area contributed by atoms with Crippen LogP contribution in [0.4, 0.5) is 0 Å². The highest BCUT2D eigenvalue weighted by atomic mass is 16.5. The van der Waals surface area contributed by atoms with Crippen LogP contribution in [-0.2, 0) is 4.74 Å². The van der Waals surface area contributed by atoms with Crippen LogP contribution in [0.25, 0.3) is 0 Å². The standard InChI is InChI=1S/C13H25NO/c1-3-13(4-2)10-14-11-8-6-5-7-9-12(11)15-13/h11-12,14H,3-10H2,1-2H3. The molecule has 1 saturated carbocycles. The van der Waals surface area contributed by atoms with E-state index in [1.807, 2.05) is 0 Å². The second-order valence-electron chi connectivity index (χ2n) is 5.17. The van der Waals surface area contributed by atoms with Crippen LogP contribution in [0.3, 0.4) is 0 Å². The van der Waals surface area contributed by atoms with Crippen molar-refractivity contribution in [3.05, 3.63) is 0 Å². The maximum absolute atomic E-state index is 6.39. The van der Waals surface area contributed by atoms with Crippen molar-refractivity contribution in [1.82, 2.24) is 5.32 Å². The summed E-state index contributed by atoms with van der Waals surface area (Å²) in [5.41, 5.74) is 0.130. The van der Waals surface area contributed by atoms with E-state index < -0.39 is 0 Å². The van der Waals surface area contributed by atoms with Gasteiger partial charge in [0.05, 0.1) is 11.7 Å². The molecule has 0 bridgehead atoms. The molecule has 1 N–H and O–H groups in total.